The van der Waals surface area contributed by atoms with Crippen LogP contribution in [-0.4, -0.2) is 81.0 Å². The molecule has 3 aliphatic heterocycles. The maximum Gasteiger partial charge on any atom is 0.407 e. The molecule has 3 N–H and O–H groups in total. The second-order valence-electron chi connectivity index (χ2n) is 7.10. The van der Waals surface area contributed by atoms with E-state index in [1.54, 1.807) is 0 Å². The highest BCUT2D eigenvalue weighted by molar-refractivity contribution is 5.88. The van der Waals surface area contributed by atoms with Crippen LogP contribution >= 0.6 is 0 Å². The van der Waals surface area contributed by atoms with Crippen molar-refractivity contribution in [1.82, 2.24) is 20.3 Å². The topological polar surface area (TPSA) is 123 Å². The van der Waals surface area contributed by atoms with E-state index in [9.17, 15) is 19.6 Å². The smallest absolute Gasteiger partial charge is 0.407 e. The number of piperidine rings is 1. The fourth-order valence-corrected chi connectivity index (χ4v) is 4.09. The van der Waals surface area contributed by atoms with Gasteiger partial charge in [0, 0.05) is 13.1 Å². The van der Waals surface area contributed by atoms with Crippen molar-refractivity contribution in [3.8, 4) is 0 Å². The van der Waals surface area contributed by atoms with Gasteiger partial charge in [-0.2, -0.15) is 0 Å². The molecular formula is C14H20N4O6. The number of amides is 4. The van der Waals surface area contributed by atoms with Gasteiger partial charge in [0.1, 0.15) is 12.1 Å². The van der Waals surface area contributed by atoms with Gasteiger partial charge in [0.2, 0.25) is 0 Å². The zero-order chi connectivity index (χ0) is 17.1. The number of hydrogen-bond donors (Lipinski definition) is 3. The summed E-state index contributed by atoms with van der Waals surface area (Å²) >= 11 is 0. The SMILES string of the molecule is O=C(NO[C@H]1CCN(C(=O)O)C1)[C@@H]1CC2(CC2)[C@@H]2CN1C(=O)N2O. The predicted octanol–water partition coefficient (Wildman–Crippen LogP) is -0.166. The molecule has 4 rings (SSSR count). The van der Waals surface area contributed by atoms with Gasteiger partial charge in [-0.1, -0.05) is 0 Å². The lowest BCUT2D eigenvalue weighted by molar-refractivity contribution is -0.144. The summed E-state index contributed by atoms with van der Waals surface area (Å²) in [7, 11) is 0. The number of nitrogens with zero attached hydrogens (tertiary/aromatic N) is 3. The Kier molecular flexibility index (Phi) is 3.36. The second kappa shape index (κ2) is 5.21. The van der Waals surface area contributed by atoms with Crippen molar-refractivity contribution in [1.29, 1.82) is 0 Å². The highest BCUT2D eigenvalue weighted by atomic mass is 16.7. The molecule has 2 bridgehead atoms. The van der Waals surface area contributed by atoms with E-state index in [0.717, 1.165) is 17.9 Å². The summed E-state index contributed by atoms with van der Waals surface area (Å²) in [4.78, 5) is 43.4. The number of urea groups is 1. The maximum absolute atomic E-state index is 12.5. The fraction of sp³-hybridized carbons (Fsp3) is 0.786. The number of nitrogens with one attached hydrogen (secondary N) is 1. The minimum Gasteiger partial charge on any atom is -0.465 e. The summed E-state index contributed by atoms with van der Waals surface area (Å²) in [5.74, 6) is -0.419. The molecule has 1 spiro atoms. The van der Waals surface area contributed by atoms with Gasteiger partial charge in [-0.3, -0.25) is 14.8 Å². The average Bonchev–Trinajstić information content (AvgIpc) is 3.06. The number of carbonyl (C=O) groups excluding carboxylic acids is 2. The lowest BCUT2D eigenvalue weighted by Gasteiger charge is -2.35. The Morgan fingerprint density at radius 2 is 2.04 bits per heavy atom. The average molecular weight is 340 g/mol. The zero-order valence-electron chi connectivity index (χ0n) is 13.1. The van der Waals surface area contributed by atoms with Gasteiger partial charge in [-0.25, -0.2) is 20.1 Å². The number of carboxylic acid groups (broad SMARTS) is 1. The van der Waals surface area contributed by atoms with Gasteiger partial charge in [0.05, 0.1) is 12.6 Å². The monoisotopic (exact) mass is 340 g/mol. The normalized spacial score (nSPS) is 33.3. The third kappa shape index (κ3) is 2.28. The Hall–Kier alpha value is -2.07. The molecule has 0 radical (unpaired) electrons. The van der Waals surface area contributed by atoms with E-state index in [1.165, 1.54) is 9.80 Å². The highest BCUT2D eigenvalue weighted by Gasteiger charge is 2.63. The van der Waals surface area contributed by atoms with Crippen molar-refractivity contribution in [2.75, 3.05) is 19.6 Å². The summed E-state index contributed by atoms with van der Waals surface area (Å²) in [6.07, 6.45) is 1.43. The Morgan fingerprint density at radius 3 is 2.67 bits per heavy atom. The van der Waals surface area contributed by atoms with E-state index in [0.29, 0.717) is 25.9 Å². The van der Waals surface area contributed by atoms with Gasteiger partial charge in [0.15, 0.2) is 0 Å². The largest absolute Gasteiger partial charge is 0.465 e. The lowest BCUT2D eigenvalue weighted by Crippen LogP contribution is -2.53. The molecule has 0 aromatic carbocycles. The summed E-state index contributed by atoms with van der Waals surface area (Å²) in [6, 6.07) is -1.43. The van der Waals surface area contributed by atoms with Crippen LogP contribution in [0, 0.1) is 5.41 Å². The molecular weight excluding hydrogens is 320 g/mol. The molecule has 10 heteroatoms. The number of likely N-dealkylation sites (tertiary alicyclic amines) is 1. The van der Waals surface area contributed by atoms with E-state index in [1.807, 2.05) is 0 Å². The molecule has 3 heterocycles. The minimum atomic E-state index is -1.01. The Morgan fingerprint density at radius 1 is 1.29 bits per heavy atom. The molecule has 3 atom stereocenters. The molecule has 0 unspecified atom stereocenters. The Labute approximate surface area is 137 Å². The number of carbonyl (C=O) groups is 3. The second-order valence-corrected chi connectivity index (χ2v) is 7.10. The van der Waals surface area contributed by atoms with E-state index >= 15 is 0 Å². The van der Waals surface area contributed by atoms with Crippen LogP contribution in [0.4, 0.5) is 9.59 Å². The molecule has 24 heavy (non-hydrogen) atoms. The van der Waals surface area contributed by atoms with Crippen LogP contribution in [0.1, 0.15) is 25.7 Å². The van der Waals surface area contributed by atoms with Crippen LogP contribution in [-0.2, 0) is 9.63 Å². The van der Waals surface area contributed by atoms with E-state index in [4.69, 9.17) is 9.94 Å². The molecule has 4 amide bonds. The van der Waals surface area contributed by atoms with Crippen LogP contribution < -0.4 is 5.48 Å². The number of hydrogen-bond acceptors (Lipinski definition) is 5. The third-order valence-corrected chi connectivity index (χ3v) is 5.73. The van der Waals surface area contributed by atoms with Gasteiger partial charge >= 0.3 is 12.1 Å². The third-order valence-electron chi connectivity index (χ3n) is 5.73. The summed E-state index contributed by atoms with van der Waals surface area (Å²) in [5.41, 5.74) is 2.23. The predicted molar refractivity (Wildman–Crippen MR) is 76.8 cm³/mol. The molecule has 4 fully saturated rings. The molecule has 1 aliphatic carbocycles. The zero-order valence-corrected chi connectivity index (χ0v) is 13.1. The molecule has 3 saturated heterocycles. The quantitative estimate of drug-likeness (QED) is 0.484. The first kappa shape index (κ1) is 15.5. The van der Waals surface area contributed by atoms with Crippen molar-refractivity contribution in [2.45, 2.75) is 43.9 Å². The number of rotatable bonds is 3. The minimum absolute atomic E-state index is 0.160. The molecule has 10 nitrogen and oxygen atoms in total. The molecule has 1 saturated carbocycles. The molecule has 0 aromatic rings. The van der Waals surface area contributed by atoms with Gasteiger partial charge in [0.25, 0.3) is 5.91 Å². The Balaban J connectivity index is 1.37. The maximum atomic E-state index is 12.5. The Bertz CT molecular complexity index is 594. The van der Waals surface area contributed by atoms with Crippen molar-refractivity contribution < 1.29 is 29.5 Å². The van der Waals surface area contributed by atoms with E-state index in [-0.39, 0.29) is 24.1 Å². The molecule has 4 aliphatic rings. The van der Waals surface area contributed by atoms with E-state index in [2.05, 4.69) is 5.48 Å². The van der Waals surface area contributed by atoms with Gasteiger partial charge in [-0.15, -0.1) is 0 Å². The summed E-state index contributed by atoms with van der Waals surface area (Å²) in [5, 5.41) is 19.6. The van der Waals surface area contributed by atoms with Crippen LogP contribution in [0.2, 0.25) is 0 Å². The van der Waals surface area contributed by atoms with Crippen LogP contribution in [0.5, 0.6) is 0 Å². The van der Waals surface area contributed by atoms with Crippen molar-refractivity contribution in [2.24, 2.45) is 5.41 Å². The van der Waals surface area contributed by atoms with Crippen LogP contribution in [0.25, 0.3) is 0 Å². The van der Waals surface area contributed by atoms with Crippen molar-refractivity contribution >= 4 is 18.0 Å². The number of fused-ring (bicyclic) bond motifs is 3. The van der Waals surface area contributed by atoms with Gasteiger partial charge in [-0.05, 0) is 31.1 Å². The standard InChI is InChI=1S/C14H20N4O6/c19-11(15-24-8-1-4-16(6-8)13(21)22)9-5-14(2-3-14)10-7-17(9)12(20)18(10)23/h8-10,23H,1-7H2,(H,15,19)(H,21,22)/t8-,9-,10-/m0/s1. The molecule has 0 aromatic heterocycles. The van der Waals surface area contributed by atoms with Crippen LogP contribution in [0.3, 0.4) is 0 Å². The van der Waals surface area contributed by atoms with Crippen molar-refractivity contribution in [3.05, 3.63) is 0 Å². The van der Waals surface area contributed by atoms with Gasteiger partial charge < -0.3 is 14.9 Å². The van der Waals surface area contributed by atoms with E-state index < -0.39 is 24.1 Å². The highest BCUT2D eigenvalue weighted by Crippen LogP contribution is 2.58. The lowest BCUT2D eigenvalue weighted by atomic mass is 9.85. The first-order valence-corrected chi connectivity index (χ1v) is 8.13. The molecule has 132 valence electrons. The summed E-state index contributed by atoms with van der Waals surface area (Å²) in [6.45, 7) is 0.928. The van der Waals surface area contributed by atoms with Crippen LogP contribution in [0.15, 0.2) is 0 Å². The fourth-order valence-electron chi connectivity index (χ4n) is 4.09. The first-order chi connectivity index (χ1) is 11.4. The first-order valence-electron chi connectivity index (χ1n) is 8.13. The summed E-state index contributed by atoms with van der Waals surface area (Å²) < 4.78 is 0. The van der Waals surface area contributed by atoms with Crippen molar-refractivity contribution in [3.63, 3.8) is 0 Å². The number of hydroxylamine groups is 3.